The first-order chi connectivity index (χ1) is 11.4. The third-order valence-electron chi connectivity index (χ3n) is 3.57. The van der Waals surface area contributed by atoms with Gasteiger partial charge in [-0.05, 0) is 54.4 Å². The number of halogens is 2. The molecule has 3 aromatic rings. The maximum Gasteiger partial charge on any atom is 0.411 e. The summed E-state index contributed by atoms with van der Waals surface area (Å²) in [6.45, 7) is 1.70. The highest BCUT2D eigenvalue weighted by Crippen LogP contribution is 2.33. The van der Waals surface area contributed by atoms with Crippen molar-refractivity contribution in [1.82, 2.24) is 4.98 Å². The van der Waals surface area contributed by atoms with E-state index in [0.717, 1.165) is 0 Å². The third-order valence-corrected chi connectivity index (χ3v) is 3.57. The van der Waals surface area contributed by atoms with E-state index >= 15 is 0 Å². The fraction of sp³-hybridized carbons (Fsp3) is 0.0588. The molecule has 0 aliphatic carbocycles. The zero-order chi connectivity index (χ0) is 17.4. The average Bonchev–Trinajstić information content (AvgIpc) is 2.87. The van der Waals surface area contributed by atoms with Gasteiger partial charge in [-0.1, -0.05) is 0 Å². The van der Waals surface area contributed by atoms with Crippen LogP contribution in [0.4, 0.5) is 13.6 Å². The Morgan fingerprint density at radius 3 is 2.50 bits per heavy atom. The number of fused-ring (bicyclic) bond motifs is 1. The van der Waals surface area contributed by atoms with E-state index in [1.807, 2.05) is 0 Å². The molecule has 0 fully saturated rings. The molecule has 0 aliphatic rings. The van der Waals surface area contributed by atoms with Crippen molar-refractivity contribution in [2.24, 2.45) is 5.73 Å². The van der Waals surface area contributed by atoms with Gasteiger partial charge in [0.05, 0.1) is 16.8 Å². The molecule has 1 amide bonds. The van der Waals surface area contributed by atoms with Gasteiger partial charge in [0.15, 0.2) is 0 Å². The number of rotatable bonds is 2. The smallest absolute Gasteiger partial charge is 0.391 e. The van der Waals surface area contributed by atoms with Crippen LogP contribution in [0.5, 0.6) is 0 Å². The lowest BCUT2D eigenvalue weighted by molar-refractivity contribution is 0.208. The Hall–Kier alpha value is -3.22. The van der Waals surface area contributed by atoms with Gasteiger partial charge in [0.1, 0.15) is 11.6 Å². The second-order valence-electron chi connectivity index (χ2n) is 5.30. The van der Waals surface area contributed by atoms with E-state index in [1.54, 1.807) is 13.0 Å². The van der Waals surface area contributed by atoms with Crippen LogP contribution in [0.2, 0.25) is 0 Å². The van der Waals surface area contributed by atoms with Gasteiger partial charge < -0.3 is 15.5 Å². The van der Waals surface area contributed by atoms with E-state index in [0.29, 0.717) is 22.2 Å². The van der Waals surface area contributed by atoms with Crippen molar-refractivity contribution in [2.75, 3.05) is 0 Å². The summed E-state index contributed by atoms with van der Waals surface area (Å²) in [5.41, 5.74) is 6.80. The Labute approximate surface area is 135 Å². The fourth-order valence-electron chi connectivity index (χ4n) is 2.61. The number of ether oxygens (including phenoxy) is 1. The summed E-state index contributed by atoms with van der Waals surface area (Å²) >= 11 is 0. The maximum absolute atomic E-state index is 14.3. The lowest BCUT2D eigenvalue weighted by Crippen LogP contribution is -2.18. The Kier molecular flexibility index (Phi) is 3.76. The van der Waals surface area contributed by atoms with Crippen LogP contribution in [0.1, 0.15) is 11.1 Å². The van der Waals surface area contributed by atoms with Crippen LogP contribution < -0.4 is 5.73 Å². The average molecular weight is 329 g/mol. The zero-order valence-electron chi connectivity index (χ0n) is 12.6. The summed E-state index contributed by atoms with van der Waals surface area (Å²) in [6.07, 6.45) is -1.15. The van der Waals surface area contributed by atoms with Crippen LogP contribution in [0.15, 0.2) is 36.4 Å². The van der Waals surface area contributed by atoms with Gasteiger partial charge in [-0.3, -0.25) is 5.41 Å². The third kappa shape index (κ3) is 2.71. The molecule has 2 aromatic carbocycles. The predicted molar refractivity (Wildman–Crippen MR) is 85.9 cm³/mol. The molecule has 122 valence electrons. The molecule has 0 saturated heterocycles. The number of primary amides is 1. The van der Waals surface area contributed by atoms with Crippen molar-refractivity contribution >= 4 is 22.9 Å². The van der Waals surface area contributed by atoms with Gasteiger partial charge in [0.2, 0.25) is 5.90 Å². The van der Waals surface area contributed by atoms with Gasteiger partial charge in [-0.25, -0.2) is 13.6 Å². The number of carbonyl (C=O) groups excluding carboxylic acids is 1. The number of hydrogen-bond acceptors (Lipinski definition) is 3. The van der Waals surface area contributed by atoms with Crippen LogP contribution in [-0.4, -0.2) is 17.0 Å². The quantitative estimate of drug-likeness (QED) is 0.492. The molecule has 0 saturated carbocycles. The summed E-state index contributed by atoms with van der Waals surface area (Å²) in [4.78, 5) is 13.9. The molecule has 0 aliphatic heterocycles. The number of amides is 1. The Morgan fingerprint density at radius 2 is 1.88 bits per heavy atom. The molecule has 5 nitrogen and oxygen atoms in total. The number of benzene rings is 2. The highest BCUT2D eigenvalue weighted by atomic mass is 19.1. The predicted octanol–water partition coefficient (Wildman–Crippen LogP) is 3.84. The standard InChI is InChI=1S/C17H13F2N3O2/c1-8-6-11-13(16(20)24-17(21)23)14(22-15(11)12(19)7-8)9-2-4-10(18)5-3-9/h2-7,20,22H,1H3,(H2,21,23). The number of nitrogens with two attached hydrogens (primary N) is 1. The SMILES string of the molecule is Cc1cc(F)c2[nH]c(-c3ccc(F)cc3)c(C(=N)OC(N)=O)c2c1. The number of aromatic amines is 1. The lowest BCUT2D eigenvalue weighted by atomic mass is 10.0. The number of H-pyrrole nitrogens is 1. The van der Waals surface area contributed by atoms with Crippen LogP contribution in [0.3, 0.4) is 0 Å². The number of aryl methyl sites for hydroxylation is 1. The molecular weight excluding hydrogens is 316 g/mol. The van der Waals surface area contributed by atoms with Gasteiger partial charge in [0, 0.05) is 5.39 Å². The minimum Gasteiger partial charge on any atom is -0.391 e. The van der Waals surface area contributed by atoms with E-state index in [1.165, 1.54) is 30.3 Å². The first-order valence-corrected chi connectivity index (χ1v) is 7.01. The van der Waals surface area contributed by atoms with Gasteiger partial charge >= 0.3 is 6.09 Å². The summed E-state index contributed by atoms with van der Waals surface area (Å²) < 4.78 is 32.1. The van der Waals surface area contributed by atoms with Gasteiger partial charge in [0.25, 0.3) is 0 Å². The fourth-order valence-corrected chi connectivity index (χ4v) is 2.61. The molecule has 0 radical (unpaired) electrons. The number of nitrogens with one attached hydrogen (secondary N) is 2. The Bertz CT molecular complexity index is 962. The second kappa shape index (κ2) is 5.77. The molecule has 3 rings (SSSR count). The van der Waals surface area contributed by atoms with Crippen LogP contribution in [0.25, 0.3) is 22.2 Å². The normalized spacial score (nSPS) is 10.8. The van der Waals surface area contributed by atoms with Crippen molar-refractivity contribution in [3.63, 3.8) is 0 Å². The van der Waals surface area contributed by atoms with E-state index < -0.39 is 23.6 Å². The van der Waals surface area contributed by atoms with E-state index in [9.17, 15) is 13.6 Å². The van der Waals surface area contributed by atoms with Gasteiger partial charge in [-0.2, -0.15) is 0 Å². The summed E-state index contributed by atoms with van der Waals surface area (Å²) in [5.74, 6) is -1.45. The maximum atomic E-state index is 14.3. The Balaban J connectivity index is 2.31. The monoisotopic (exact) mass is 329 g/mol. The molecular formula is C17H13F2N3O2. The van der Waals surface area contributed by atoms with Crippen molar-refractivity contribution in [3.05, 3.63) is 59.2 Å². The minimum atomic E-state index is -1.15. The first-order valence-electron chi connectivity index (χ1n) is 7.01. The van der Waals surface area contributed by atoms with E-state index in [2.05, 4.69) is 9.72 Å². The molecule has 7 heteroatoms. The van der Waals surface area contributed by atoms with Crippen molar-refractivity contribution < 1.29 is 18.3 Å². The summed E-state index contributed by atoms with van der Waals surface area (Å²) in [6, 6.07) is 8.44. The van der Waals surface area contributed by atoms with E-state index in [4.69, 9.17) is 11.1 Å². The second-order valence-corrected chi connectivity index (χ2v) is 5.30. The number of hydrogen-bond donors (Lipinski definition) is 3. The number of aromatic nitrogens is 1. The molecule has 0 atom stereocenters. The topological polar surface area (TPSA) is 92.0 Å². The molecule has 0 spiro atoms. The van der Waals surface area contributed by atoms with Crippen molar-refractivity contribution in [1.29, 1.82) is 5.41 Å². The largest absolute Gasteiger partial charge is 0.411 e. The van der Waals surface area contributed by atoms with Crippen molar-refractivity contribution in [2.45, 2.75) is 6.92 Å². The van der Waals surface area contributed by atoms with E-state index in [-0.39, 0.29) is 11.1 Å². The highest BCUT2D eigenvalue weighted by Gasteiger charge is 2.22. The molecule has 0 bridgehead atoms. The summed E-state index contributed by atoms with van der Waals surface area (Å²) in [5, 5.41) is 8.37. The molecule has 24 heavy (non-hydrogen) atoms. The lowest BCUT2D eigenvalue weighted by Gasteiger charge is -2.06. The van der Waals surface area contributed by atoms with Crippen molar-refractivity contribution in [3.8, 4) is 11.3 Å². The molecule has 4 N–H and O–H groups in total. The molecule has 1 aromatic heterocycles. The molecule has 0 unspecified atom stereocenters. The van der Waals surface area contributed by atoms with Crippen LogP contribution in [-0.2, 0) is 4.74 Å². The molecule has 1 heterocycles. The van der Waals surface area contributed by atoms with Crippen LogP contribution in [0, 0.1) is 24.0 Å². The van der Waals surface area contributed by atoms with Gasteiger partial charge in [-0.15, -0.1) is 0 Å². The Morgan fingerprint density at radius 1 is 1.21 bits per heavy atom. The van der Waals surface area contributed by atoms with Crippen LogP contribution >= 0.6 is 0 Å². The number of carbonyl (C=O) groups is 1. The first kappa shape index (κ1) is 15.7. The zero-order valence-corrected chi connectivity index (χ0v) is 12.6. The summed E-state index contributed by atoms with van der Waals surface area (Å²) in [7, 11) is 0. The minimum absolute atomic E-state index is 0.160. The highest BCUT2D eigenvalue weighted by molar-refractivity contribution is 6.13.